The summed E-state index contributed by atoms with van der Waals surface area (Å²) in [6.07, 6.45) is 6.04. The number of nitrogens with zero attached hydrogens (tertiary/aromatic N) is 7. The van der Waals surface area contributed by atoms with Crippen LogP contribution in [0, 0.1) is 6.92 Å². The van der Waals surface area contributed by atoms with Crippen LogP contribution in [0.4, 0.5) is 5.95 Å². The van der Waals surface area contributed by atoms with E-state index in [1.54, 1.807) is 0 Å². The van der Waals surface area contributed by atoms with Crippen LogP contribution in [0.1, 0.15) is 67.0 Å². The van der Waals surface area contributed by atoms with Crippen LogP contribution < -0.4 is 4.90 Å². The maximum atomic E-state index is 4.91. The molecule has 3 heterocycles. The predicted molar refractivity (Wildman–Crippen MR) is 106 cm³/mol. The number of aryl methyl sites for hydroxylation is 1. The van der Waals surface area contributed by atoms with E-state index in [-0.39, 0.29) is 0 Å². The molecule has 0 atom stereocenters. The quantitative estimate of drug-likeness (QED) is 0.807. The molecule has 0 radical (unpaired) electrons. The molecule has 0 aromatic carbocycles. The first-order valence-electron chi connectivity index (χ1n) is 10.1. The van der Waals surface area contributed by atoms with E-state index in [0.717, 1.165) is 55.8 Å². The highest BCUT2D eigenvalue weighted by atomic mass is 15.3. The molecule has 2 aromatic rings. The van der Waals surface area contributed by atoms with Gasteiger partial charge in [-0.2, -0.15) is 0 Å². The van der Waals surface area contributed by atoms with Gasteiger partial charge in [0, 0.05) is 43.4 Å². The molecule has 1 saturated heterocycles. The van der Waals surface area contributed by atoms with Crippen molar-refractivity contribution >= 4 is 5.95 Å². The van der Waals surface area contributed by atoms with Crippen molar-refractivity contribution in [1.82, 2.24) is 29.6 Å². The Labute approximate surface area is 161 Å². The molecule has 2 aliphatic rings. The van der Waals surface area contributed by atoms with Crippen molar-refractivity contribution in [2.75, 3.05) is 32.1 Å². The fraction of sp³-hybridized carbons (Fsp3) is 0.700. The van der Waals surface area contributed by atoms with Crippen LogP contribution in [0.3, 0.4) is 0 Å². The average Bonchev–Trinajstić information content (AvgIpc) is 2.93. The van der Waals surface area contributed by atoms with Crippen molar-refractivity contribution in [2.24, 2.45) is 7.05 Å². The summed E-state index contributed by atoms with van der Waals surface area (Å²) in [6.45, 7) is 4.87. The molecule has 1 aliphatic heterocycles. The molecule has 0 unspecified atom stereocenters. The third kappa shape index (κ3) is 3.83. The number of anilines is 1. The van der Waals surface area contributed by atoms with Gasteiger partial charge in [0.1, 0.15) is 11.6 Å². The SMILES string of the molecule is Cc1cc(C2CCC2)nc(N2CCC(c3nnc(CN(C)C)n3C)CC2)n1. The van der Waals surface area contributed by atoms with Gasteiger partial charge in [0.05, 0.1) is 6.54 Å². The smallest absolute Gasteiger partial charge is 0.225 e. The Morgan fingerprint density at radius 3 is 2.41 bits per heavy atom. The molecule has 1 saturated carbocycles. The second-order valence-corrected chi connectivity index (χ2v) is 8.39. The average molecular weight is 370 g/mol. The van der Waals surface area contributed by atoms with Crippen LogP contribution >= 0.6 is 0 Å². The number of aromatic nitrogens is 5. The molecule has 0 spiro atoms. The summed E-state index contributed by atoms with van der Waals surface area (Å²) in [7, 11) is 6.22. The van der Waals surface area contributed by atoms with E-state index in [0.29, 0.717) is 11.8 Å². The Hall–Kier alpha value is -2.02. The highest BCUT2D eigenvalue weighted by Crippen LogP contribution is 2.36. The van der Waals surface area contributed by atoms with Crippen LogP contribution in [0.15, 0.2) is 6.07 Å². The van der Waals surface area contributed by atoms with E-state index in [2.05, 4.69) is 58.7 Å². The Bertz CT molecular complexity index is 786. The minimum atomic E-state index is 0.463. The zero-order chi connectivity index (χ0) is 19.0. The van der Waals surface area contributed by atoms with E-state index in [9.17, 15) is 0 Å². The van der Waals surface area contributed by atoms with Gasteiger partial charge in [0.2, 0.25) is 5.95 Å². The molecule has 4 rings (SSSR count). The Balaban J connectivity index is 1.43. The molecule has 27 heavy (non-hydrogen) atoms. The lowest BCUT2D eigenvalue weighted by Gasteiger charge is -2.32. The van der Waals surface area contributed by atoms with Crippen LogP contribution in [0.25, 0.3) is 0 Å². The van der Waals surface area contributed by atoms with Gasteiger partial charge in [-0.1, -0.05) is 6.42 Å². The topological polar surface area (TPSA) is 63.0 Å². The van der Waals surface area contributed by atoms with Gasteiger partial charge >= 0.3 is 0 Å². The third-order valence-electron chi connectivity index (χ3n) is 5.98. The normalized spacial score (nSPS) is 18.9. The molecule has 146 valence electrons. The van der Waals surface area contributed by atoms with E-state index >= 15 is 0 Å². The monoisotopic (exact) mass is 369 g/mol. The fourth-order valence-electron chi connectivity index (χ4n) is 4.12. The molecule has 2 aromatic heterocycles. The Morgan fingerprint density at radius 2 is 1.78 bits per heavy atom. The first kappa shape index (κ1) is 18.3. The summed E-state index contributed by atoms with van der Waals surface area (Å²) in [4.78, 5) is 14.1. The van der Waals surface area contributed by atoms with Crippen molar-refractivity contribution in [2.45, 2.75) is 57.4 Å². The summed E-state index contributed by atoms with van der Waals surface area (Å²) >= 11 is 0. The van der Waals surface area contributed by atoms with Gasteiger partial charge in [0.15, 0.2) is 0 Å². The van der Waals surface area contributed by atoms with Gasteiger partial charge in [-0.15, -0.1) is 10.2 Å². The maximum Gasteiger partial charge on any atom is 0.225 e. The lowest BCUT2D eigenvalue weighted by molar-refractivity contribution is 0.381. The Kier molecular flexibility index (Phi) is 5.12. The molecule has 1 aliphatic carbocycles. The van der Waals surface area contributed by atoms with E-state index in [4.69, 9.17) is 9.97 Å². The standard InChI is InChI=1S/C20H31N7/c1-14-12-17(15-6-5-7-15)22-20(21-14)27-10-8-16(9-11-27)19-24-23-18(26(19)4)13-25(2)3/h12,15-16H,5-11,13H2,1-4H3. The minimum Gasteiger partial charge on any atom is -0.341 e. The zero-order valence-electron chi connectivity index (χ0n) is 17.0. The summed E-state index contributed by atoms with van der Waals surface area (Å²) < 4.78 is 2.18. The molecular weight excluding hydrogens is 338 g/mol. The lowest BCUT2D eigenvalue weighted by Crippen LogP contribution is -2.35. The fourth-order valence-corrected chi connectivity index (χ4v) is 4.12. The summed E-state index contributed by atoms with van der Waals surface area (Å²) in [6, 6.07) is 2.17. The molecule has 2 fully saturated rings. The first-order chi connectivity index (χ1) is 13.0. The largest absolute Gasteiger partial charge is 0.341 e. The van der Waals surface area contributed by atoms with E-state index < -0.39 is 0 Å². The van der Waals surface area contributed by atoms with Crippen molar-refractivity contribution in [3.8, 4) is 0 Å². The maximum absolute atomic E-state index is 4.91. The lowest BCUT2D eigenvalue weighted by atomic mass is 9.82. The van der Waals surface area contributed by atoms with Crippen LogP contribution in [0.5, 0.6) is 0 Å². The molecule has 7 heteroatoms. The summed E-state index contributed by atoms with van der Waals surface area (Å²) in [5.74, 6) is 4.18. The number of hydrogen-bond acceptors (Lipinski definition) is 6. The second-order valence-electron chi connectivity index (χ2n) is 8.39. The summed E-state index contributed by atoms with van der Waals surface area (Å²) in [5, 5.41) is 8.90. The molecule has 0 bridgehead atoms. The number of rotatable bonds is 5. The van der Waals surface area contributed by atoms with Crippen LogP contribution in [-0.2, 0) is 13.6 Å². The third-order valence-corrected chi connectivity index (χ3v) is 5.98. The van der Waals surface area contributed by atoms with Gasteiger partial charge < -0.3 is 14.4 Å². The highest BCUT2D eigenvalue weighted by molar-refractivity contribution is 5.34. The van der Waals surface area contributed by atoms with Gasteiger partial charge in [0.25, 0.3) is 0 Å². The highest BCUT2D eigenvalue weighted by Gasteiger charge is 2.28. The molecule has 0 N–H and O–H groups in total. The van der Waals surface area contributed by atoms with Gasteiger partial charge in [-0.3, -0.25) is 0 Å². The summed E-state index contributed by atoms with van der Waals surface area (Å²) in [5.41, 5.74) is 2.33. The zero-order valence-corrected chi connectivity index (χ0v) is 17.0. The van der Waals surface area contributed by atoms with E-state index in [1.165, 1.54) is 25.0 Å². The van der Waals surface area contributed by atoms with Crippen LogP contribution in [-0.4, -0.2) is 56.8 Å². The molecule has 7 nitrogen and oxygen atoms in total. The predicted octanol–water partition coefficient (Wildman–Crippen LogP) is 2.63. The number of piperidine rings is 1. The van der Waals surface area contributed by atoms with Gasteiger partial charge in [-0.05, 0) is 52.8 Å². The van der Waals surface area contributed by atoms with Crippen molar-refractivity contribution in [3.63, 3.8) is 0 Å². The van der Waals surface area contributed by atoms with Crippen molar-refractivity contribution in [3.05, 3.63) is 29.1 Å². The number of hydrogen-bond donors (Lipinski definition) is 0. The van der Waals surface area contributed by atoms with Crippen LogP contribution in [0.2, 0.25) is 0 Å². The minimum absolute atomic E-state index is 0.463. The molecule has 0 amide bonds. The van der Waals surface area contributed by atoms with Crippen molar-refractivity contribution in [1.29, 1.82) is 0 Å². The first-order valence-corrected chi connectivity index (χ1v) is 10.1. The second kappa shape index (κ2) is 7.54. The van der Waals surface area contributed by atoms with Gasteiger partial charge in [-0.25, -0.2) is 9.97 Å². The Morgan fingerprint density at radius 1 is 1.04 bits per heavy atom. The van der Waals surface area contributed by atoms with Crippen molar-refractivity contribution < 1.29 is 0 Å². The van der Waals surface area contributed by atoms with E-state index in [1.807, 2.05) is 0 Å². The molecular formula is C20H31N7.